The first-order valence-electron chi connectivity index (χ1n) is 7.58. The van der Waals surface area contributed by atoms with E-state index in [1.807, 2.05) is 27.7 Å². The number of esters is 2. The van der Waals surface area contributed by atoms with Crippen LogP contribution >= 0.6 is 0 Å². The van der Waals surface area contributed by atoms with E-state index in [4.69, 9.17) is 20.9 Å². The molecule has 6 nitrogen and oxygen atoms in total. The predicted octanol–water partition coefficient (Wildman–Crippen LogP) is 1.21. The van der Waals surface area contributed by atoms with Gasteiger partial charge in [-0.25, -0.2) is 0 Å². The van der Waals surface area contributed by atoms with Crippen molar-refractivity contribution in [1.82, 2.24) is 0 Å². The molecule has 0 radical (unpaired) electrons. The minimum atomic E-state index is -0.591. The van der Waals surface area contributed by atoms with Crippen LogP contribution in [-0.2, 0) is 19.1 Å². The molecule has 0 amide bonds. The molecule has 0 saturated carbocycles. The number of carbonyl (C=O) groups excluding carboxylic acids is 2. The summed E-state index contributed by atoms with van der Waals surface area (Å²) >= 11 is 0. The van der Waals surface area contributed by atoms with E-state index in [9.17, 15) is 9.59 Å². The van der Waals surface area contributed by atoms with E-state index in [1.54, 1.807) is 0 Å². The number of ether oxygens (including phenoxy) is 2. The second kappa shape index (κ2) is 10.6. The molecule has 2 unspecified atom stereocenters. The van der Waals surface area contributed by atoms with Gasteiger partial charge in [0.2, 0.25) is 0 Å². The van der Waals surface area contributed by atoms with Gasteiger partial charge in [-0.05, 0) is 24.7 Å². The molecule has 0 aliphatic rings. The Morgan fingerprint density at radius 3 is 1.43 bits per heavy atom. The average molecular weight is 302 g/mol. The summed E-state index contributed by atoms with van der Waals surface area (Å²) in [5.41, 5.74) is 11.4. The zero-order chi connectivity index (χ0) is 16.4. The lowest BCUT2D eigenvalue weighted by Crippen LogP contribution is -2.34. The first-order chi connectivity index (χ1) is 9.73. The maximum atomic E-state index is 11.5. The summed E-state index contributed by atoms with van der Waals surface area (Å²) in [5.74, 6) is -0.134. The van der Waals surface area contributed by atoms with Gasteiger partial charge in [0.15, 0.2) is 0 Å². The zero-order valence-electron chi connectivity index (χ0n) is 13.6. The molecule has 0 aliphatic heterocycles. The molecule has 4 N–H and O–H groups in total. The molecule has 0 aromatic rings. The minimum absolute atomic E-state index is 0.192. The molecule has 21 heavy (non-hydrogen) atoms. The van der Waals surface area contributed by atoms with Crippen LogP contribution in [0.1, 0.15) is 47.0 Å². The monoisotopic (exact) mass is 302 g/mol. The van der Waals surface area contributed by atoms with Crippen molar-refractivity contribution in [2.24, 2.45) is 23.3 Å². The highest BCUT2D eigenvalue weighted by Crippen LogP contribution is 2.05. The van der Waals surface area contributed by atoms with Gasteiger partial charge in [-0.2, -0.15) is 0 Å². The Kier molecular flexibility index (Phi) is 9.99. The van der Waals surface area contributed by atoms with Crippen LogP contribution in [0.2, 0.25) is 0 Å². The van der Waals surface area contributed by atoms with Crippen LogP contribution in [0.3, 0.4) is 0 Å². The molecule has 2 atom stereocenters. The summed E-state index contributed by atoms with van der Waals surface area (Å²) in [4.78, 5) is 23.1. The maximum Gasteiger partial charge on any atom is 0.322 e. The van der Waals surface area contributed by atoms with Gasteiger partial charge in [-0.3, -0.25) is 9.59 Å². The smallest absolute Gasteiger partial charge is 0.322 e. The van der Waals surface area contributed by atoms with Crippen molar-refractivity contribution in [1.29, 1.82) is 0 Å². The minimum Gasteiger partial charge on any atom is -0.464 e. The topological polar surface area (TPSA) is 105 Å². The fourth-order valence-electron chi connectivity index (χ4n) is 1.83. The Balaban J connectivity index is 3.72. The van der Waals surface area contributed by atoms with Crippen LogP contribution in [-0.4, -0.2) is 37.2 Å². The number of hydrogen-bond acceptors (Lipinski definition) is 6. The average Bonchev–Trinajstić information content (AvgIpc) is 2.36. The third-order valence-electron chi connectivity index (χ3n) is 2.83. The SMILES string of the molecule is CC(C)CC(N)C(=O)OCCCOC(=O)C(N)CC(C)C. The summed E-state index contributed by atoms with van der Waals surface area (Å²) in [7, 11) is 0. The normalized spacial score (nSPS) is 14.1. The Labute approximate surface area is 127 Å². The number of hydrogen-bond donors (Lipinski definition) is 2. The van der Waals surface area contributed by atoms with E-state index in [0.717, 1.165) is 0 Å². The second-order valence-corrected chi connectivity index (χ2v) is 6.16. The maximum absolute atomic E-state index is 11.5. The van der Waals surface area contributed by atoms with Gasteiger partial charge in [-0.1, -0.05) is 27.7 Å². The number of carbonyl (C=O) groups is 2. The molecule has 0 rings (SSSR count). The lowest BCUT2D eigenvalue weighted by Gasteiger charge is -2.14. The molecule has 0 spiro atoms. The van der Waals surface area contributed by atoms with E-state index in [1.165, 1.54) is 0 Å². The zero-order valence-corrected chi connectivity index (χ0v) is 13.6. The summed E-state index contributed by atoms with van der Waals surface area (Å²) in [6.45, 7) is 8.36. The van der Waals surface area contributed by atoms with Gasteiger partial charge in [0.25, 0.3) is 0 Å². The highest BCUT2D eigenvalue weighted by Gasteiger charge is 2.17. The van der Waals surface area contributed by atoms with Gasteiger partial charge in [0, 0.05) is 6.42 Å². The highest BCUT2D eigenvalue weighted by molar-refractivity contribution is 5.75. The molecule has 0 bridgehead atoms. The summed E-state index contributed by atoms with van der Waals surface area (Å²) in [5, 5.41) is 0. The number of rotatable bonds is 10. The van der Waals surface area contributed by atoms with Crippen molar-refractivity contribution in [3.63, 3.8) is 0 Å². The van der Waals surface area contributed by atoms with Crippen LogP contribution in [0.25, 0.3) is 0 Å². The van der Waals surface area contributed by atoms with Gasteiger partial charge >= 0.3 is 11.9 Å². The van der Waals surface area contributed by atoms with Crippen molar-refractivity contribution in [3.8, 4) is 0 Å². The summed E-state index contributed by atoms with van der Waals surface area (Å²) in [6.07, 6.45) is 1.63. The molecule has 124 valence electrons. The molecule has 0 saturated heterocycles. The Bertz CT molecular complexity index is 289. The Morgan fingerprint density at radius 1 is 0.810 bits per heavy atom. The first kappa shape index (κ1) is 19.9. The number of nitrogens with two attached hydrogens (primary N) is 2. The van der Waals surface area contributed by atoms with Crippen molar-refractivity contribution < 1.29 is 19.1 Å². The van der Waals surface area contributed by atoms with E-state index in [0.29, 0.717) is 31.1 Å². The second-order valence-electron chi connectivity index (χ2n) is 6.16. The van der Waals surface area contributed by atoms with E-state index in [2.05, 4.69) is 0 Å². The van der Waals surface area contributed by atoms with Gasteiger partial charge in [0.1, 0.15) is 12.1 Å². The van der Waals surface area contributed by atoms with E-state index in [-0.39, 0.29) is 13.2 Å². The lowest BCUT2D eigenvalue weighted by atomic mass is 10.1. The van der Waals surface area contributed by atoms with Crippen LogP contribution in [0, 0.1) is 11.8 Å². The van der Waals surface area contributed by atoms with E-state index < -0.39 is 24.0 Å². The first-order valence-corrected chi connectivity index (χ1v) is 7.58. The van der Waals surface area contributed by atoms with Crippen molar-refractivity contribution in [2.45, 2.75) is 59.0 Å². The van der Waals surface area contributed by atoms with Crippen LogP contribution in [0.5, 0.6) is 0 Å². The molecule has 0 heterocycles. The fraction of sp³-hybridized carbons (Fsp3) is 0.867. The van der Waals surface area contributed by atoms with Gasteiger partial charge < -0.3 is 20.9 Å². The van der Waals surface area contributed by atoms with Crippen LogP contribution in [0.4, 0.5) is 0 Å². The molecule has 6 heteroatoms. The van der Waals surface area contributed by atoms with Crippen molar-refractivity contribution in [3.05, 3.63) is 0 Å². The van der Waals surface area contributed by atoms with Crippen LogP contribution in [0.15, 0.2) is 0 Å². The standard InChI is InChI=1S/C15H30N2O4/c1-10(2)8-12(16)14(18)20-6-5-7-21-15(19)13(17)9-11(3)4/h10-13H,5-9,16-17H2,1-4H3. The van der Waals surface area contributed by atoms with Gasteiger partial charge in [0.05, 0.1) is 13.2 Å². The predicted molar refractivity (Wildman–Crippen MR) is 81.4 cm³/mol. The molecular weight excluding hydrogens is 272 g/mol. The highest BCUT2D eigenvalue weighted by atomic mass is 16.5. The van der Waals surface area contributed by atoms with Crippen molar-refractivity contribution >= 4 is 11.9 Å². The molecule has 0 aliphatic carbocycles. The molecule has 0 aromatic heterocycles. The van der Waals surface area contributed by atoms with Crippen LogP contribution < -0.4 is 11.5 Å². The van der Waals surface area contributed by atoms with Gasteiger partial charge in [-0.15, -0.1) is 0 Å². The largest absolute Gasteiger partial charge is 0.464 e. The summed E-state index contributed by atoms with van der Waals surface area (Å²) < 4.78 is 10.1. The Morgan fingerprint density at radius 2 is 1.14 bits per heavy atom. The molecular formula is C15H30N2O4. The van der Waals surface area contributed by atoms with E-state index >= 15 is 0 Å². The summed E-state index contributed by atoms with van der Waals surface area (Å²) in [6, 6.07) is -1.18. The third-order valence-corrected chi connectivity index (χ3v) is 2.83. The quantitative estimate of drug-likeness (QED) is 0.464. The fourth-order valence-corrected chi connectivity index (χ4v) is 1.83. The Hall–Kier alpha value is -1.14. The molecule has 0 fully saturated rings. The van der Waals surface area contributed by atoms with Crippen molar-refractivity contribution in [2.75, 3.05) is 13.2 Å². The molecule has 0 aromatic carbocycles. The lowest BCUT2D eigenvalue weighted by molar-refractivity contribution is -0.148. The third kappa shape index (κ3) is 10.3.